The highest BCUT2D eigenvalue weighted by molar-refractivity contribution is 7.91. The van der Waals surface area contributed by atoms with E-state index in [4.69, 9.17) is 47.5 Å². The van der Waals surface area contributed by atoms with Gasteiger partial charge < -0.3 is 19.3 Å². The Balaban J connectivity index is 1.49. The van der Waals surface area contributed by atoms with Crippen LogP contribution in [0.1, 0.15) is 30.1 Å². The predicted octanol–water partition coefficient (Wildman–Crippen LogP) is 3.83. The van der Waals surface area contributed by atoms with Crippen LogP contribution >= 0.6 is 23.2 Å². The molecule has 0 aliphatic carbocycles. The summed E-state index contributed by atoms with van der Waals surface area (Å²) >= 11 is 12.9. The SMILES string of the molecule is O=C(NNCCN1CCOCC1)[C@@]1(CCS(=O)(=O)c2ccccc2)N=C(c2ccc(OCCCO)cc2)O[C@H]1c1ccc(Cl)cc1Cl. The number of carbonyl (C=O) groups excluding carboxylic acids is 1. The zero-order valence-corrected chi connectivity index (χ0v) is 28.1. The Morgan fingerprint density at radius 1 is 1.06 bits per heavy atom. The fourth-order valence-corrected chi connectivity index (χ4v) is 7.28. The first-order chi connectivity index (χ1) is 22.7. The van der Waals surface area contributed by atoms with Crippen LogP contribution in [0.4, 0.5) is 0 Å². The molecular weight excluding hydrogens is 667 g/mol. The molecule has 14 heteroatoms. The van der Waals surface area contributed by atoms with Crippen molar-refractivity contribution in [3.05, 3.63) is 94.0 Å². The van der Waals surface area contributed by atoms with Gasteiger partial charge in [-0.2, -0.15) is 0 Å². The quantitative estimate of drug-likeness (QED) is 0.159. The smallest absolute Gasteiger partial charge is 0.266 e. The second-order valence-corrected chi connectivity index (χ2v) is 14.1. The molecule has 2 atom stereocenters. The molecule has 0 aromatic heterocycles. The van der Waals surface area contributed by atoms with Crippen LogP contribution in [0.3, 0.4) is 0 Å². The van der Waals surface area contributed by atoms with Crippen molar-refractivity contribution in [3.8, 4) is 5.75 Å². The molecule has 1 amide bonds. The van der Waals surface area contributed by atoms with E-state index in [0.29, 0.717) is 61.2 Å². The highest BCUT2D eigenvalue weighted by Gasteiger charge is 2.54. The normalized spacial score (nSPS) is 20.0. The van der Waals surface area contributed by atoms with Gasteiger partial charge in [-0.15, -0.1) is 0 Å². The van der Waals surface area contributed by atoms with E-state index in [0.717, 1.165) is 13.1 Å². The van der Waals surface area contributed by atoms with Crippen LogP contribution in [0.5, 0.6) is 5.75 Å². The Hall–Kier alpha value is -3.23. The summed E-state index contributed by atoms with van der Waals surface area (Å²) in [6.45, 7) is 4.36. The van der Waals surface area contributed by atoms with Crippen LogP contribution in [0.25, 0.3) is 0 Å². The molecule has 252 valence electrons. The average Bonchev–Trinajstić information content (AvgIpc) is 3.47. The van der Waals surface area contributed by atoms with Crippen LogP contribution in [0.15, 0.2) is 82.7 Å². The van der Waals surface area contributed by atoms with Gasteiger partial charge in [0, 0.05) is 66.8 Å². The molecule has 47 heavy (non-hydrogen) atoms. The number of hydrogen-bond acceptors (Lipinski definition) is 10. The number of morpholine rings is 1. The molecule has 5 rings (SSSR count). The number of nitrogens with zero attached hydrogens (tertiary/aromatic N) is 2. The topological polar surface area (TPSA) is 139 Å². The largest absolute Gasteiger partial charge is 0.494 e. The lowest BCUT2D eigenvalue weighted by Crippen LogP contribution is -2.54. The highest BCUT2D eigenvalue weighted by Crippen LogP contribution is 2.45. The molecule has 3 aromatic carbocycles. The standard InChI is InChI=1S/C33H38Cl2N4O7S/c34-25-9-12-28(29(35)23-25)30-33(13-22-47(42,43)27-5-2-1-3-6-27,32(41)38-36-14-15-39-16-20-44-21-17-39)37-31(46-30)24-7-10-26(11-8-24)45-19-4-18-40/h1-3,5-12,23,30,36,40H,4,13-22H2,(H,38,41)/t30-,33-/m0/s1. The minimum atomic E-state index is -3.81. The lowest BCUT2D eigenvalue weighted by Gasteiger charge is -2.31. The first-order valence-electron chi connectivity index (χ1n) is 15.4. The number of hydrazine groups is 1. The van der Waals surface area contributed by atoms with E-state index in [1.807, 2.05) is 0 Å². The summed E-state index contributed by atoms with van der Waals surface area (Å²) in [5, 5.41) is 9.69. The van der Waals surface area contributed by atoms with Gasteiger partial charge in [-0.3, -0.25) is 15.1 Å². The molecule has 1 saturated heterocycles. The number of ether oxygens (including phenoxy) is 3. The Morgan fingerprint density at radius 3 is 2.51 bits per heavy atom. The Bertz CT molecular complexity index is 1640. The first kappa shape index (κ1) is 35.1. The lowest BCUT2D eigenvalue weighted by atomic mass is 9.85. The molecule has 11 nitrogen and oxygen atoms in total. The summed E-state index contributed by atoms with van der Waals surface area (Å²) in [4.78, 5) is 21.5. The zero-order chi connectivity index (χ0) is 33.3. The Labute approximate surface area is 284 Å². The Kier molecular flexibility index (Phi) is 12.1. The van der Waals surface area contributed by atoms with E-state index in [-0.39, 0.29) is 28.8 Å². The first-order valence-corrected chi connectivity index (χ1v) is 17.8. The number of nitrogens with one attached hydrogen (secondary N) is 2. The lowest BCUT2D eigenvalue weighted by molar-refractivity contribution is -0.130. The van der Waals surface area contributed by atoms with Gasteiger partial charge >= 0.3 is 0 Å². The molecule has 0 spiro atoms. The van der Waals surface area contributed by atoms with E-state index < -0.39 is 33.1 Å². The van der Waals surface area contributed by atoms with Gasteiger partial charge in [0.05, 0.1) is 30.5 Å². The van der Waals surface area contributed by atoms with Crippen LogP contribution in [-0.2, 0) is 24.1 Å². The molecular formula is C33H38Cl2N4O7S. The van der Waals surface area contributed by atoms with Crippen molar-refractivity contribution in [3.63, 3.8) is 0 Å². The van der Waals surface area contributed by atoms with Crippen molar-refractivity contribution < 1.29 is 32.5 Å². The summed E-state index contributed by atoms with van der Waals surface area (Å²) in [6.07, 6.45) is -0.809. The van der Waals surface area contributed by atoms with E-state index in [2.05, 4.69) is 15.8 Å². The number of hydrogen-bond donors (Lipinski definition) is 3. The van der Waals surface area contributed by atoms with Crippen LogP contribution in [0, 0.1) is 0 Å². The molecule has 0 radical (unpaired) electrons. The second kappa shape index (κ2) is 16.2. The molecule has 3 N–H and O–H groups in total. The number of sulfone groups is 1. The maximum absolute atomic E-state index is 14.3. The Morgan fingerprint density at radius 2 is 1.81 bits per heavy atom. The molecule has 2 aliphatic heterocycles. The fraction of sp³-hybridized carbons (Fsp3) is 0.394. The van der Waals surface area contributed by atoms with Crippen molar-refractivity contribution in [2.24, 2.45) is 4.99 Å². The van der Waals surface area contributed by atoms with Gasteiger partial charge in [-0.1, -0.05) is 47.5 Å². The van der Waals surface area contributed by atoms with E-state index in [1.165, 1.54) is 12.1 Å². The summed E-state index contributed by atoms with van der Waals surface area (Å²) < 4.78 is 44.5. The summed E-state index contributed by atoms with van der Waals surface area (Å²) in [5.41, 5.74) is 5.03. The molecule has 3 aromatic rings. The molecule has 2 heterocycles. The number of amides is 1. The molecule has 1 fully saturated rings. The molecule has 0 bridgehead atoms. The summed E-state index contributed by atoms with van der Waals surface area (Å²) in [5.74, 6) is -0.237. The number of rotatable bonds is 15. The van der Waals surface area contributed by atoms with Crippen LogP contribution in [0.2, 0.25) is 10.0 Å². The van der Waals surface area contributed by atoms with Crippen molar-refractivity contribution >= 4 is 44.8 Å². The van der Waals surface area contributed by atoms with E-state index in [1.54, 1.807) is 60.7 Å². The maximum Gasteiger partial charge on any atom is 0.266 e. The third-order valence-corrected chi connectivity index (χ3v) is 10.3. The number of benzene rings is 3. The van der Waals surface area contributed by atoms with E-state index in [9.17, 15) is 13.2 Å². The van der Waals surface area contributed by atoms with Gasteiger partial charge in [0.2, 0.25) is 5.90 Å². The maximum atomic E-state index is 14.3. The molecule has 0 saturated carbocycles. The number of aliphatic hydroxyl groups excluding tert-OH is 1. The fourth-order valence-electron chi connectivity index (χ4n) is 5.39. The van der Waals surface area contributed by atoms with Crippen LogP contribution < -0.4 is 15.6 Å². The zero-order valence-electron chi connectivity index (χ0n) is 25.7. The van der Waals surface area contributed by atoms with Gasteiger partial charge in [-0.05, 0) is 48.5 Å². The minimum Gasteiger partial charge on any atom is -0.494 e. The van der Waals surface area contributed by atoms with Gasteiger partial charge in [-0.25, -0.2) is 18.8 Å². The minimum absolute atomic E-state index is 0.0174. The predicted molar refractivity (Wildman–Crippen MR) is 180 cm³/mol. The van der Waals surface area contributed by atoms with Crippen molar-refractivity contribution in [1.29, 1.82) is 0 Å². The third-order valence-electron chi connectivity index (χ3n) is 7.99. The van der Waals surface area contributed by atoms with E-state index >= 15 is 0 Å². The average molecular weight is 706 g/mol. The number of halogens is 2. The van der Waals surface area contributed by atoms with Crippen molar-refractivity contribution in [2.45, 2.75) is 29.4 Å². The van der Waals surface area contributed by atoms with Crippen molar-refractivity contribution in [1.82, 2.24) is 15.8 Å². The molecule has 0 unspecified atom stereocenters. The van der Waals surface area contributed by atoms with Gasteiger partial charge in [0.25, 0.3) is 5.91 Å². The number of aliphatic imine (C=N–C) groups is 1. The number of carbonyl (C=O) groups is 1. The summed E-state index contributed by atoms with van der Waals surface area (Å²) in [7, 11) is -3.81. The second-order valence-electron chi connectivity index (χ2n) is 11.2. The third kappa shape index (κ3) is 8.82. The van der Waals surface area contributed by atoms with Gasteiger partial charge in [0.1, 0.15) is 5.75 Å². The summed E-state index contributed by atoms with van der Waals surface area (Å²) in [6, 6.07) is 19.9. The monoisotopic (exact) mass is 704 g/mol. The highest BCUT2D eigenvalue weighted by atomic mass is 35.5. The van der Waals surface area contributed by atoms with Crippen LogP contribution in [-0.4, -0.2) is 94.1 Å². The number of aliphatic hydroxyl groups is 1. The molecule has 2 aliphatic rings. The van der Waals surface area contributed by atoms with Crippen molar-refractivity contribution in [2.75, 3.05) is 58.4 Å². The van der Waals surface area contributed by atoms with Gasteiger partial charge in [0.15, 0.2) is 21.5 Å².